The molecular weight excluding hydrogens is 410 g/mol. The lowest BCUT2D eigenvalue weighted by Gasteiger charge is -2.34. The van der Waals surface area contributed by atoms with Crippen LogP contribution in [-0.4, -0.2) is 57.9 Å². The molecule has 1 aliphatic heterocycles. The van der Waals surface area contributed by atoms with Gasteiger partial charge in [-0.3, -0.25) is 4.68 Å². The average Bonchev–Trinajstić information content (AvgIpc) is 3.27. The van der Waals surface area contributed by atoms with Crippen molar-refractivity contribution in [2.45, 2.75) is 13.5 Å². The van der Waals surface area contributed by atoms with E-state index in [2.05, 4.69) is 81.3 Å². The van der Waals surface area contributed by atoms with Crippen molar-refractivity contribution in [1.29, 1.82) is 0 Å². The minimum absolute atomic E-state index is 0.588. The number of fused-ring (bicyclic) bond motifs is 1. The van der Waals surface area contributed by atoms with Crippen LogP contribution in [0.4, 0.5) is 17.3 Å². The molecule has 1 fully saturated rings. The standard InChI is InChI=1S/C26H29N7/c1-19(2)17-33-18-22(16-28-33)20-4-5-21-15-27-26(30-25(21)14-20)29-23-6-8-24(9-7-23)32-12-10-31(3)11-13-32/h4-9,14-16,18H,1,10-13,17H2,2-3H3,(H,27,29,30). The zero-order valence-electron chi connectivity index (χ0n) is 19.2. The van der Waals surface area contributed by atoms with Gasteiger partial charge in [0, 0.05) is 60.9 Å². The molecule has 0 bridgehead atoms. The summed E-state index contributed by atoms with van der Waals surface area (Å²) in [6.45, 7) is 11.0. The molecule has 0 atom stereocenters. The molecule has 3 heterocycles. The van der Waals surface area contributed by atoms with Crippen molar-refractivity contribution in [1.82, 2.24) is 24.6 Å². The Hall–Kier alpha value is -3.71. The van der Waals surface area contributed by atoms with Crippen LogP contribution in [-0.2, 0) is 6.54 Å². The molecule has 1 N–H and O–H groups in total. The SMILES string of the molecule is C=C(C)Cn1cc(-c2ccc3cnc(Nc4ccc(N5CCN(C)CC5)cc4)nc3c2)cn1. The van der Waals surface area contributed by atoms with E-state index < -0.39 is 0 Å². The number of nitrogens with zero attached hydrogens (tertiary/aromatic N) is 6. The zero-order valence-corrected chi connectivity index (χ0v) is 19.2. The van der Waals surface area contributed by atoms with E-state index in [1.807, 2.05) is 30.2 Å². The summed E-state index contributed by atoms with van der Waals surface area (Å²) in [6.07, 6.45) is 5.78. The predicted octanol–water partition coefficient (Wildman–Crippen LogP) is 4.56. The first-order chi connectivity index (χ1) is 16.0. The van der Waals surface area contributed by atoms with Gasteiger partial charge >= 0.3 is 0 Å². The highest BCUT2D eigenvalue weighted by molar-refractivity contribution is 5.84. The van der Waals surface area contributed by atoms with Crippen molar-refractivity contribution < 1.29 is 0 Å². The molecule has 0 unspecified atom stereocenters. The lowest BCUT2D eigenvalue weighted by atomic mass is 10.1. The first-order valence-electron chi connectivity index (χ1n) is 11.3. The van der Waals surface area contributed by atoms with Crippen molar-refractivity contribution in [3.05, 3.63) is 73.2 Å². The molecule has 7 nitrogen and oxygen atoms in total. The fourth-order valence-corrected chi connectivity index (χ4v) is 4.09. The van der Waals surface area contributed by atoms with Crippen LogP contribution in [0.1, 0.15) is 6.92 Å². The minimum Gasteiger partial charge on any atom is -0.369 e. The van der Waals surface area contributed by atoms with E-state index in [9.17, 15) is 0 Å². The summed E-state index contributed by atoms with van der Waals surface area (Å²) in [5, 5.41) is 8.78. The van der Waals surface area contributed by atoms with E-state index in [-0.39, 0.29) is 0 Å². The van der Waals surface area contributed by atoms with Gasteiger partial charge in [-0.15, -0.1) is 0 Å². The number of nitrogens with one attached hydrogen (secondary N) is 1. The van der Waals surface area contributed by atoms with Crippen LogP contribution in [0.3, 0.4) is 0 Å². The highest BCUT2D eigenvalue weighted by Gasteiger charge is 2.14. The predicted molar refractivity (Wildman–Crippen MR) is 135 cm³/mol. The van der Waals surface area contributed by atoms with Crippen molar-refractivity contribution in [3.63, 3.8) is 0 Å². The molecule has 1 aliphatic rings. The molecule has 0 saturated carbocycles. The Morgan fingerprint density at radius 1 is 1.00 bits per heavy atom. The summed E-state index contributed by atoms with van der Waals surface area (Å²) < 4.78 is 1.90. The summed E-state index contributed by atoms with van der Waals surface area (Å²) in [4.78, 5) is 14.0. The van der Waals surface area contributed by atoms with Gasteiger partial charge in [0.05, 0.1) is 18.3 Å². The maximum absolute atomic E-state index is 4.75. The van der Waals surface area contributed by atoms with E-state index in [4.69, 9.17) is 4.98 Å². The van der Waals surface area contributed by atoms with Crippen LogP contribution < -0.4 is 10.2 Å². The molecule has 2 aromatic heterocycles. The summed E-state index contributed by atoms with van der Waals surface area (Å²) in [5.74, 6) is 0.588. The second-order valence-corrected chi connectivity index (χ2v) is 8.81. The number of aromatic nitrogens is 4. The highest BCUT2D eigenvalue weighted by Crippen LogP contribution is 2.25. The second-order valence-electron chi connectivity index (χ2n) is 8.81. The number of piperazine rings is 1. The number of rotatable bonds is 6. The van der Waals surface area contributed by atoms with Crippen molar-refractivity contribution >= 4 is 28.2 Å². The molecule has 0 spiro atoms. The van der Waals surface area contributed by atoms with Crippen LogP contribution in [0, 0.1) is 0 Å². The third-order valence-electron chi connectivity index (χ3n) is 5.97. The Morgan fingerprint density at radius 3 is 2.55 bits per heavy atom. The number of likely N-dealkylation sites (N-methyl/N-ethyl adjacent to an activating group) is 1. The van der Waals surface area contributed by atoms with E-state index in [1.165, 1.54) is 5.69 Å². The lowest BCUT2D eigenvalue weighted by molar-refractivity contribution is 0.313. The molecular formula is C26H29N7. The molecule has 5 rings (SSSR count). The molecule has 4 aromatic rings. The number of allylic oxidation sites excluding steroid dienone is 1. The van der Waals surface area contributed by atoms with E-state index in [0.717, 1.165) is 66.0 Å². The van der Waals surface area contributed by atoms with Gasteiger partial charge in [-0.25, -0.2) is 9.97 Å². The molecule has 0 radical (unpaired) electrons. The Balaban J connectivity index is 1.32. The summed E-state index contributed by atoms with van der Waals surface area (Å²) in [7, 11) is 2.17. The molecule has 1 saturated heterocycles. The van der Waals surface area contributed by atoms with Gasteiger partial charge in [0.25, 0.3) is 0 Å². The van der Waals surface area contributed by atoms with Crippen LogP contribution >= 0.6 is 0 Å². The maximum atomic E-state index is 4.75. The van der Waals surface area contributed by atoms with Crippen LogP contribution in [0.25, 0.3) is 22.0 Å². The summed E-state index contributed by atoms with van der Waals surface area (Å²) >= 11 is 0. The number of hydrogen-bond acceptors (Lipinski definition) is 6. The first-order valence-corrected chi connectivity index (χ1v) is 11.3. The minimum atomic E-state index is 0.588. The van der Waals surface area contributed by atoms with Gasteiger partial charge in [0.2, 0.25) is 5.95 Å². The van der Waals surface area contributed by atoms with Gasteiger partial charge in [-0.1, -0.05) is 24.3 Å². The van der Waals surface area contributed by atoms with Crippen LogP contribution in [0.15, 0.2) is 73.2 Å². The third kappa shape index (κ3) is 4.88. The van der Waals surface area contributed by atoms with Crippen molar-refractivity contribution in [2.75, 3.05) is 43.4 Å². The van der Waals surface area contributed by atoms with Gasteiger partial charge < -0.3 is 15.1 Å². The number of benzene rings is 2. The van der Waals surface area contributed by atoms with Crippen molar-refractivity contribution in [3.8, 4) is 11.1 Å². The molecule has 2 aromatic carbocycles. The van der Waals surface area contributed by atoms with Crippen LogP contribution in [0.5, 0.6) is 0 Å². The number of hydrogen-bond donors (Lipinski definition) is 1. The van der Waals surface area contributed by atoms with E-state index in [0.29, 0.717) is 5.95 Å². The summed E-state index contributed by atoms with van der Waals surface area (Å²) in [5.41, 5.74) is 6.34. The Labute approximate surface area is 194 Å². The summed E-state index contributed by atoms with van der Waals surface area (Å²) in [6, 6.07) is 14.7. The van der Waals surface area contributed by atoms with Gasteiger partial charge in [-0.2, -0.15) is 5.10 Å². The fraction of sp³-hybridized carbons (Fsp3) is 0.269. The monoisotopic (exact) mass is 439 g/mol. The normalized spacial score (nSPS) is 14.5. The Bertz CT molecular complexity index is 1270. The smallest absolute Gasteiger partial charge is 0.227 e. The largest absolute Gasteiger partial charge is 0.369 e. The zero-order chi connectivity index (χ0) is 22.8. The third-order valence-corrected chi connectivity index (χ3v) is 5.97. The van der Waals surface area contributed by atoms with E-state index in [1.54, 1.807) is 0 Å². The fourth-order valence-electron chi connectivity index (χ4n) is 4.09. The Morgan fingerprint density at radius 2 is 1.79 bits per heavy atom. The second kappa shape index (κ2) is 9.03. The lowest BCUT2D eigenvalue weighted by Crippen LogP contribution is -2.44. The quantitative estimate of drug-likeness (QED) is 0.444. The Kier molecular flexibility index (Phi) is 5.79. The van der Waals surface area contributed by atoms with Gasteiger partial charge in [0.15, 0.2) is 0 Å². The number of anilines is 3. The van der Waals surface area contributed by atoms with Crippen molar-refractivity contribution in [2.24, 2.45) is 0 Å². The average molecular weight is 440 g/mol. The van der Waals surface area contributed by atoms with Gasteiger partial charge in [-0.05, 0) is 49.9 Å². The van der Waals surface area contributed by atoms with E-state index >= 15 is 0 Å². The molecule has 0 amide bonds. The van der Waals surface area contributed by atoms with Gasteiger partial charge in [0.1, 0.15) is 0 Å². The molecule has 7 heteroatoms. The maximum Gasteiger partial charge on any atom is 0.227 e. The highest BCUT2D eigenvalue weighted by atomic mass is 15.3. The first kappa shape index (κ1) is 21.2. The molecule has 168 valence electrons. The molecule has 0 aliphatic carbocycles. The van der Waals surface area contributed by atoms with Crippen LogP contribution in [0.2, 0.25) is 0 Å². The molecule has 33 heavy (non-hydrogen) atoms. The topological polar surface area (TPSA) is 62.1 Å².